The van der Waals surface area contributed by atoms with Crippen LogP contribution in [0.4, 0.5) is 0 Å². The van der Waals surface area contributed by atoms with Crippen LogP contribution in [0.25, 0.3) is 0 Å². The van der Waals surface area contributed by atoms with Gasteiger partial charge in [0, 0.05) is 26.1 Å². The van der Waals surface area contributed by atoms with Gasteiger partial charge < -0.3 is 9.47 Å². The lowest BCUT2D eigenvalue weighted by molar-refractivity contribution is -0.140. The molecular formula is C24H32N2O3. The lowest BCUT2D eigenvalue weighted by Crippen LogP contribution is -2.40. The smallest absolute Gasteiger partial charge is 0.305 e. The number of benzene rings is 2. The van der Waals surface area contributed by atoms with Gasteiger partial charge in [-0.1, -0.05) is 42.5 Å². The van der Waals surface area contributed by atoms with Gasteiger partial charge in [-0.05, 0) is 54.9 Å². The number of hydrogen-bond donors (Lipinski definition) is 1. The predicted octanol–water partition coefficient (Wildman–Crippen LogP) is 3.98. The first-order valence-electron chi connectivity index (χ1n) is 10.5. The molecule has 0 aromatic heterocycles. The molecule has 0 amide bonds. The maximum Gasteiger partial charge on any atom is 0.305 e. The van der Waals surface area contributed by atoms with Crippen molar-refractivity contribution in [3.05, 3.63) is 65.7 Å². The summed E-state index contributed by atoms with van der Waals surface area (Å²) in [5, 5.41) is 2.25. The van der Waals surface area contributed by atoms with Crippen LogP contribution in [-0.2, 0) is 22.6 Å². The first-order chi connectivity index (χ1) is 14.2. The number of hydrogen-bond acceptors (Lipinski definition) is 5. The van der Waals surface area contributed by atoms with Gasteiger partial charge in [-0.3, -0.25) is 10.2 Å². The van der Waals surface area contributed by atoms with Gasteiger partial charge in [-0.15, -0.1) is 0 Å². The molecule has 1 heterocycles. The number of ether oxygens (including phenoxy) is 2. The summed E-state index contributed by atoms with van der Waals surface area (Å²) in [6.07, 6.45) is 4.77. The van der Waals surface area contributed by atoms with E-state index in [1.165, 1.54) is 31.1 Å². The Hall–Kier alpha value is -2.37. The van der Waals surface area contributed by atoms with Crippen molar-refractivity contribution in [1.82, 2.24) is 10.4 Å². The maximum atomic E-state index is 11.2. The van der Waals surface area contributed by atoms with Crippen molar-refractivity contribution in [2.75, 3.05) is 26.7 Å². The molecule has 2 aromatic rings. The minimum absolute atomic E-state index is 0.131. The van der Waals surface area contributed by atoms with E-state index in [-0.39, 0.29) is 5.97 Å². The summed E-state index contributed by atoms with van der Waals surface area (Å²) >= 11 is 0. The van der Waals surface area contributed by atoms with E-state index in [4.69, 9.17) is 9.47 Å². The molecule has 5 nitrogen and oxygen atoms in total. The first kappa shape index (κ1) is 21.3. The van der Waals surface area contributed by atoms with Crippen LogP contribution < -0.4 is 10.2 Å². The summed E-state index contributed by atoms with van der Waals surface area (Å²) < 4.78 is 10.6. The van der Waals surface area contributed by atoms with Crippen molar-refractivity contribution in [2.45, 2.75) is 38.7 Å². The van der Waals surface area contributed by atoms with E-state index in [9.17, 15) is 4.79 Å². The molecule has 1 aliphatic heterocycles. The lowest BCUT2D eigenvalue weighted by atomic mass is 9.95. The molecule has 5 heteroatoms. The third-order valence-electron chi connectivity index (χ3n) is 5.38. The van der Waals surface area contributed by atoms with E-state index >= 15 is 0 Å². The highest BCUT2D eigenvalue weighted by Crippen LogP contribution is 2.20. The molecule has 156 valence electrons. The SMILES string of the molecule is COC(=O)CCCN1CCCC(Cc2ccc(OCc3ccccc3)cc2)CN1. The van der Waals surface area contributed by atoms with Crippen molar-refractivity contribution in [1.29, 1.82) is 0 Å². The second-order valence-corrected chi connectivity index (χ2v) is 7.66. The van der Waals surface area contributed by atoms with Crippen LogP contribution in [0.15, 0.2) is 54.6 Å². The molecular weight excluding hydrogens is 364 g/mol. The first-order valence-corrected chi connectivity index (χ1v) is 10.5. The topological polar surface area (TPSA) is 50.8 Å². The van der Waals surface area contributed by atoms with Crippen molar-refractivity contribution < 1.29 is 14.3 Å². The van der Waals surface area contributed by atoms with Gasteiger partial charge in [0.25, 0.3) is 0 Å². The number of rotatable bonds is 9. The molecule has 1 atom stereocenters. The van der Waals surface area contributed by atoms with E-state index in [1.54, 1.807) is 0 Å². The second-order valence-electron chi connectivity index (χ2n) is 7.66. The predicted molar refractivity (Wildman–Crippen MR) is 114 cm³/mol. The fraction of sp³-hybridized carbons (Fsp3) is 0.458. The summed E-state index contributed by atoms with van der Waals surface area (Å²) in [6, 6.07) is 18.7. The zero-order chi connectivity index (χ0) is 20.3. The van der Waals surface area contributed by atoms with Crippen LogP contribution >= 0.6 is 0 Å². The Morgan fingerprint density at radius 1 is 1.10 bits per heavy atom. The van der Waals surface area contributed by atoms with Crippen molar-refractivity contribution >= 4 is 5.97 Å². The number of carbonyl (C=O) groups excluding carboxylic acids is 1. The zero-order valence-corrected chi connectivity index (χ0v) is 17.3. The van der Waals surface area contributed by atoms with E-state index in [2.05, 4.69) is 46.8 Å². The molecule has 0 bridgehead atoms. The summed E-state index contributed by atoms with van der Waals surface area (Å²) in [4.78, 5) is 11.2. The van der Waals surface area contributed by atoms with Gasteiger partial charge in [0.15, 0.2) is 0 Å². The molecule has 2 aromatic carbocycles. The Morgan fingerprint density at radius 3 is 2.66 bits per heavy atom. The van der Waals surface area contributed by atoms with Gasteiger partial charge in [-0.25, -0.2) is 5.01 Å². The summed E-state index contributed by atoms with van der Waals surface area (Å²) in [7, 11) is 1.44. The average Bonchev–Trinajstić information content (AvgIpc) is 2.99. The van der Waals surface area contributed by atoms with Gasteiger partial charge in [-0.2, -0.15) is 0 Å². The number of hydrazine groups is 1. The zero-order valence-electron chi connectivity index (χ0n) is 17.3. The summed E-state index contributed by atoms with van der Waals surface area (Å²) in [5.41, 5.74) is 6.08. The number of esters is 1. The highest BCUT2D eigenvalue weighted by atomic mass is 16.5. The van der Waals surface area contributed by atoms with Crippen molar-refractivity contribution in [2.24, 2.45) is 5.92 Å². The average molecular weight is 397 g/mol. The largest absolute Gasteiger partial charge is 0.489 e. The Bertz CT molecular complexity index is 734. The molecule has 3 rings (SSSR count). The maximum absolute atomic E-state index is 11.2. The Kier molecular flexibility index (Phi) is 8.53. The Morgan fingerprint density at radius 2 is 1.90 bits per heavy atom. The van der Waals surface area contributed by atoms with Crippen LogP contribution in [0.1, 0.15) is 36.8 Å². The number of carbonyl (C=O) groups is 1. The fourth-order valence-corrected chi connectivity index (χ4v) is 3.69. The Labute approximate surface area is 174 Å². The van der Waals surface area contributed by atoms with Gasteiger partial charge in [0.05, 0.1) is 7.11 Å². The molecule has 1 saturated heterocycles. The van der Waals surface area contributed by atoms with Crippen molar-refractivity contribution in [3.63, 3.8) is 0 Å². The second kappa shape index (κ2) is 11.6. The normalized spacial score (nSPS) is 17.5. The molecule has 29 heavy (non-hydrogen) atoms. The molecule has 1 N–H and O–H groups in total. The Balaban J connectivity index is 1.40. The minimum Gasteiger partial charge on any atom is -0.489 e. The molecule has 1 aliphatic rings. The lowest BCUT2D eigenvalue weighted by Gasteiger charge is -2.21. The van der Waals surface area contributed by atoms with E-state index in [0.29, 0.717) is 18.9 Å². The van der Waals surface area contributed by atoms with E-state index < -0.39 is 0 Å². The summed E-state index contributed by atoms with van der Waals surface area (Å²) in [5.74, 6) is 1.40. The highest BCUT2D eigenvalue weighted by molar-refractivity contribution is 5.69. The minimum atomic E-state index is -0.131. The number of nitrogens with one attached hydrogen (secondary N) is 1. The molecule has 1 fully saturated rings. The van der Waals surface area contributed by atoms with Crippen molar-refractivity contribution in [3.8, 4) is 5.75 Å². The quantitative estimate of drug-likeness (QED) is 0.650. The third kappa shape index (κ3) is 7.52. The molecule has 0 aliphatic carbocycles. The van der Waals surface area contributed by atoms with E-state index in [1.807, 2.05) is 18.2 Å². The molecule has 0 spiro atoms. The standard InChI is InChI=1S/C24H32N2O3/c1-28-24(27)10-6-16-26-15-5-9-22(18-25-26)17-20-11-13-23(14-12-20)29-19-21-7-3-2-4-8-21/h2-4,7-8,11-14,22,25H,5-6,9-10,15-19H2,1H3. The molecule has 0 radical (unpaired) electrons. The van der Waals surface area contributed by atoms with E-state index in [0.717, 1.165) is 38.2 Å². The van der Waals surface area contributed by atoms with Gasteiger partial charge >= 0.3 is 5.97 Å². The van der Waals surface area contributed by atoms with Gasteiger partial charge in [0.1, 0.15) is 12.4 Å². The molecule has 1 unspecified atom stereocenters. The number of nitrogens with zero attached hydrogens (tertiary/aromatic N) is 1. The van der Waals surface area contributed by atoms with Crippen LogP contribution in [0.2, 0.25) is 0 Å². The monoisotopic (exact) mass is 396 g/mol. The summed E-state index contributed by atoms with van der Waals surface area (Å²) in [6.45, 7) is 3.49. The highest BCUT2D eigenvalue weighted by Gasteiger charge is 2.17. The molecule has 0 saturated carbocycles. The number of methoxy groups -OCH3 is 1. The van der Waals surface area contributed by atoms with Crippen LogP contribution in [0, 0.1) is 5.92 Å². The fourth-order valence-electron chi connectivity index (χ4n) is 3.69. The van der Waals surface area contributed by atoms with Crippen LogP contribution in [-0.4, -0.2) is 37.7 Å². The third-order valence-corrected chi connectivity index (χ3v) is 5.38. The van der Waals surface area contributed by atoms with Crippen LogP contribution in [0.3, 0.4) is 0 Å². The van der Waals surface area contributed by atoms with Crippen LogP contribution in [0.5, 0.6) is 5.75 Å². The van der Waals surface area contributed by atoms with Gasteiger partial charge in [0.2, 0.25) is 0 Å².